The van der Waals surface area contributed by atoms with Crippen LogP contribution in [0.1, 0.15) is 31.2 Å². The van der Waals surface area contributed by atoms with Gasteiger partial charge in [0.05, 0.1) is 16.5 Å². The van der Waals surface area contributed by atoms with Crippen LogP contribution in [0.25, 0.3) is 0 Å². The van der Waals surface area contributed by atoms with Crippen LogP contribution in [-0.2, 0) is 11.0 Å². The van der Waals surface area contributed by atoms with Crippen LogP contribution in [-0.4, -0.2) is 30.0 Å². The monoisotopic (exact) mass is 347 g/mol. The van der Waals surface area contributed by atoms with E-state index < -0.39 is 11.7 Å². The van der Waals surface area contributed by atoms with E-state index in [1.54, 1.807) is 4.90 Å². The van der Waals surface area contributed by atoms with Gasteiger partial charge in [0.1, 0.15) is 5.82 Å². The van der Waals surface area contributed by atoms with Crippen LogP contribution in [0.3, 0.4) is 0 Å². The van der Waals surface area contributed by atoms with Crippen molar-refractivity contribution < 1.29 is 18.0 Å². The predicted octanol–water partition coefficient (Wildman–Crippen LogP) is 3.25. The van der Waals surface area contributed by atoms with Crippen molar-refractivity contribution >= 4 is 23.3 Å². The van der Waals surface area contributed by atoms with E-state index in [1.165, 1.54) is 0 Å². The van der Waals surface area contributed by atoms with Crippen molar-refractivity contribution in [3.05, 3.63) is 22.8 Å². The Kier molecular flexibility index (Phi) is 4.40. The number of halogens is 4. The number of nitrogens with zero attached hydrogens (tertiary/aromatic N) is 2. The van der Waals surface area contributed by atoms with Crippen LogP contribution in [0.4, 0.5) is 19.0 Å². The summed E-state index contributed by atoms with van der Waals surface area (Å²) in [7, 11) is 0. The largest absolute Gasteiger partial charge is 0.417 e. The topological polar surface area (TPSA) is 45.2 Å². The standard InChI is InChI=1S/C15H17ClF3N3O/c16-12-6-10(15(17,18)19)7-20-13(12)22-5-1-2-9(8-22)14(23)21-11-3-4-11/h6-7,9,11H,1-5,8H2,(H,21,23). The maximum absolute atomic E-state index is 12.7. The minimum Gasteiger partial charge on any atom is -0.355 e. The molecule has 1 aromatic rings. The molecule has 23 heavy (non-hydrogen) atoms. The van der Waals surface area contributed by atoms with Gasteiger partial charge in [-0.2, -0.15) is 13.2 Å². The number of hydrogen-bond donors (Lipinski definition) is 1. The molecule has 0 aromatic carbocycles. The number of aromatic nitrogens is 1. The van der Waals surface area contributed by atoms with E-state index >= 15 is 0 Å². The van der Waals surface area contributed by atoms with Gasteiger partial charge >= 0.3 is 6.18 Å². The number of carbonyl (C=O) groups excluding carboxylic acids is 1. The second-order valence-electron chi connectivity index (χ2n) is 6.10. The summed E-state index contributed by atoms with van der Waals surface area (Å²) in [5.41, 5.74) is -0.869. The number of alkyl halides is 3. The Labute approximate surface area is 137 Å². The van der Waals surface area contributed by atoms with Crippen LogP contribution in [0, 0.1) is 5.92 Å². The highest BCUT2D eigenvalue weighted by Gasteiger charge is 2.34. The molecule has 1 unspecified atom stereocenters. The van der Waals surface area contributed by atoms with Crippen LogP contribution in [0.5, 0.6) is 0 Å². The van der Waals surface area contributed by atoms with E-state index in [-0.39, 0.29) is 16.8 Å². The molecule has 4 nitrogen and oxygen atoms in total. The van der Waals surface area contributed by atoms with Crippen LogP contribution in [0.15, 0.2) is 12.3 Å². The van der Waals surface area contributed by atoms with Crippen molar-refractivity contribution in [2.75, 3.05) is 18.0 Å². The third-order valence-electron chi connectivity index (χ3n) is 4.16. The zero-order valence-electron chi connectivity index (χ0n) is 12.4. The lowest BCUT2D eigenvalue weighted by Crippen LogP contribution is -2.44. The molecule has 1 atom stereocenters. The van der Waals surface area contributed by atoms with Crippen LogP contribution < -0.4 is 10.2 Å². The average Bonchev–Trinajstić information content (AvgIpc) is 3.30. The first-order chi connectivity index (χ1) is 10.8. The lowest BCUT2D eigenvalue weighted by atomic mass is 9.97. The summed E-state index contributed by atoms with van der Waals surface area (Å²) >= 11 is 5.99. The van der Waals surface area contributed by atoms with Crippen molar-refractivity contribution in [3.8, 4) is 0 Å². The smallest absolute Gasteiger partial charge is 0.355 e. The van der Waals surface area contributed by atoms with Gasteiger partial charge in [-0.25, -0.2) is 4.98 Å². The summed E-state index contributed by atoms with van der Waals surface area (Å²) in [6.45, 7) is 1.06. The molecule has 1 aromatic heterocycles. The zero-order chi connectivity index (χ0) is 16.6. The molecular weight excluding hydrogens is 331 g/mol. The molecule has 1 aliphatic heterocycles. The number of piperidine rings is 1. The maximum atomic E-state index is 12.7. The number of carbonyl (C=O) groups is 1. The molecule has 1 N–H and O–H groups in total. The summed E-state index contributed by atoms with van der Waals surface area (Å²) in [5, 5.41) is 2.93. The fourth-order valence-corrected chi connectivity index (χ4v) is 3.03. The Morgan fingerprint density at radius 1 is 1.35 bits per heavy atom. The summed E-state index contributed by atoms with van der Waals surface area (Å²) in [6, 6.07) is 1.18. The van der Waals surface area contributed by atoms with E-state index in [0.717, 1.165) is 37.9 Å². The van der Waals surface area contributed by atoms with Gasteiger partial charge < -0.3 is 10.2 Å². The summed E-state index contributed by atoms with van der Waals surface area (Å²) in [5.74, 6) is 0.147. The fourth-order valence-electron chi connectivity index (χ4n) is 2.75. The van der Waals surface area contributed by atoms with E-state index in [0.29, 0.717) is 24.9 Å². The van der Waals surface area contributed by atoms with E-state index in [9.17, 15) is 18.0 Å². The van der Waals surface area contributed by atoms with Crippen molar-refractivity contribution in [1.82, 2.24) is 10.3 Å². The zero-order valence-corrected chi connectivity index (χ0v) is 13.1. The van der Waals surface area contributed by atoms with Gasteiger partial charge in [-0.3, -0.25) is 4.79 Å². The van der Waals surface area contributed by atoms with E-state index in [2.05, 4.69) is 10.3 Å². The molecule has 126 valence electrons. The Hall–Kier alpha value is -1.50. The minimum absolute atomic E-state index is 0.0141. The lowest BCUT2D eigenvalue weighted by molar-refractivity contribution is -0.137. The first-order valence-corrected chi connectivity index (χ1v) is 8.00. The Morgan fingerprint density at radius 3 is 2.70 bits per heavy atom. The van der Waals surface area contributed by atoms with Gasteiger partial charge in [0.15, 0.2) is 0 Å². The number of nitrogens with one attached hydrogen (secondary N) is 1. The first kappa shape index (κ1) is 16.4. The van der Waals surface area contributed by atoms with Gasteiger partial charge in [-0.05, 0) is 31.7 Å². The molecule has 0 bridgehead atoms. The second-order valence-corrected chi connectivity index (χ2v) is 6.50. The van der Waals surface area contributed by atoms with Crippen molar-refractivity contribution in [3.63, 3.8) is 0 Å². The number of anilines is 1. The Balaban J connectivity index is 1.71. The van der Waals surface area contributed by atoms with Gasteiger partial charge in [0.2, 0.25) is 5.91 Å². The number of amides is 1. The highest BCUT2D eigenvalue weighted by Crippen LogP contribution is 2.34. The number of rotatable bonds is 3. The van der Waals surface area contributed by atoms with Crippen molar-refractivity contribution in [2.24, 2.45) is 5.92 Å². The molecule has 1 saturated heterocycles. The third-order valence-corrected chi connectivity index (χ3v) is 4.44. The molecular formula is C15H17ClF3N3O. The molecule has 3 rings (SSSR count). The lowest BCUT2D eigenvalue weighted by Gasteiger charge is -2.33. The second kappa shape index (κ2) is 6.19. The van der Waals surface area contributed by atoms with Gasteiger partial charge in [0, 0.05) is 25.3 Å². The highest BCUT2D eigenvalue weighted by atomic mass is 35.5. The normalized spacial score (nSPS) is 22.1. The van der Waals surface area contributed by atoms with Gasteiger partial charge in [0.25, 0.3) is 0 Å². The Bertz CT molecular complexity index is 604. The maximum Gasteiger partial charge on any atom is 0.417 e. The Morgan fingerprint density at radius 2 is 2.09 bits per heavy atom. The molecule has 2 fully saturated rings. The van der Waals surface area contributed by atoms with Crippen molar-refractivity contribution in [1.29, 1.82) is 0 Å². The molecule has 1 aliphatic carbocycles. The summed E-state index contributed by atoms with van der Waals surface area (Å²) in [6.07, 6.45) is -0.0864. The fraction of sp³-hybridized carbons (Fsp3) is 0.600. The minimum atomic E-state index is -4.47. The van der Waals surface area contributed by atoms with Crippen LogP contribution in [0.2, 0.25) is 5.02 Å². The summed E-state index contributed by atoms with van der Waals surface area (Å²) in [4.78, 5) is 17.8. The molecule has 1 amide bonds. The highest BCUT2D eigenvalue weighted by molar-refractivity contribution is 6.33. The number of hydrogen-bond acceptors (Lipinski definition) is 3. The quantitative estimate of drug-likeness (QED) is 0.913. The third kappa shape index (κ3) is 3.88. The molecule has 8 heteroatoms. The number of pyridine rings is 1. The van der Waals surface area contributed by atoms with E-state index in [4.69, 9.17) is 11.6 Å². The molecule has 0 spiro atoms. The summed E-state index contributed by atoms with van der Waals surface area (Å²) < 4.78 is 38.0. The molecule has 2 heterocycles. The SMILES string of the molecule is O=C(NC1CC1)C1CCCN(c2ncc(C(F)(F)F)cc2Cl)C1. The molecule has 2 aliphatic rings. The molecule has 0 radical (unpaired) electrons. The average molecular weight is 348 g/mol. The van der Waals surface area contributed by atoms with Gasteiger partial charge in [-0.1, -0.05) is 11.6 Å². The van der Waals surface area contributed by atoms with E-state index in [1.807, 2.05) is 0 Å². The van der Waals surface area contributed by atoms with Gasteiger partial charge in [-0.15, -0.1) is 0 Å². The van der Waals surface area contributed by atoms with Crippen LogP contribution >= 0.6 is 11.6 Å². The van der Waals surface area contributed by atoms with Crippen molar-refractivity contribution in [2.45, 2.75) is 37.9 Å². The molecule has 1 saturated carbocycles. The first-order valence-electron chi connectivity index (χ1n) is 7.62. The predicted molar refractivity (Wildman–Crippen MR) is 80.4 cm³/mol.